The molecule has 1 heterocycles. The van der Waals surface area contributed by atoms with Gasteiger partial charge in [0, 0.05) is 11.3 Å². The van der Waals surface area contributed by atoms with E-state index in [2.05, 4.69) is 22.5 Å². The average Bonchev–Trinajstić information content (AvgIpc) is 3.22. The number of hydrogen-bond donors (Lipinski definition) is 2. The third-order valence-corrected chi connectivity index (χ3v) is 5.34. The molecule has 6 nitrogen and oxygen atoms in total. The van der Waals surface area contributed by atoms with Crippen LogP contribution in [0.3, 0.4) is 0 Å². The number of para-hydroxylation sites is 1. The number of benzene rings is 3. The number of anilines is 1. The molecule has 0 fully saturated rings. The van der Waals surface area contributed by atoms with Crippen molar-refractivity contribution in [1.82, 2.24) is 10.3 Å². The van der Waals surface area contributed by atoms with Crippen molar-refractivity contribution < 1.29 is 13.9 Å². The second-order valence-electron chi connectivity index (χ2n) is 7.32. The molecule has 0 aliphatic heterocycles. The van der Waals surface area contributed by atoms with Gasteiger partial charge in [0.15, 0.2) is 10.7 Å². The van der Waals surface area contributed by atoms with Crippen LogP contribution in [0.25, 0.3) is 22.6 Å². The zero-order valence-corrected chi connectivity index (χ0v) is 18.9. The van der Waals surface area contributed by atoms with Crippen LogP contribution in [0.1, 0.15) is 28.4 Å². The van der Waals surface area contributed by atoms with Gasteiger partial charge in [-0.2, -0.15) is 0 Å². The molecular formula is C25H23N3O3S. The maximum atomic E-state index is 12.6. The van der Waals surface area contributed by atoms with Gasteiger partial charge < -0.3 is 14.5 Å². The second-order valence-corrected chi connectivity index (χ2v) is 7.72. The number of carbonyl (C=O) groups is 1. The third-order valence-electron chi connectivity index (χ3n) is 5.14. The number of nitrogens with zero attached hydrogens (tertiary/aromatic N) is 1. The molecule has 0 saturated heterocycles. The molecule has 0 radical (unpaired) electrons. The van der Waals surface area contributed by atoms with Crippen LogP contribution in [0, 0.1) is 6.92 Å². The van der Waals surface area contributed by atoms with Crippen molar-refractivity contribution in [3.63, 3.8) is 0 Å². The van der Waals surface area contributed by atoms with E-state index in [-0.39, 0.29) is 11.0 Å². The topological polar surface area (TPSA) is 76.4 Å². The highest BCUT2D eigenvalue weighted by Gasteiger charge is 2.15. The van der Waals surface area contributed by atoms with Crippen LogP contribution in [0.5, 0.6) is 5.75 Å². The highest BCUT2D eigenvalue weighted by Crippen LogP contribution is 2.26. The third kappa shape index (κ3) is 4.48. The van der Waals surface area contributed by atoms with Crippen molar-refractivity contribution in [2.75, 3.05) is 12.4 Å². The van der Waals surface area contributed by atoms with Gasteiger partial charge in [0.25, 0.3) is 5.91 Å². The average molecular weight is 446 g/mol. The molecule has 0 aliphatic rings. The lowest BCUT2D eigenvalue weighted by Crippen LogP contribution is -2.34. The monoisotopic (exact) mass is 445 g/mol. The van der Waals surface area contributed by atoms with E-state index in [9.17, 15) is 4.79 Å². The molecule has 7 heteroatoms. The van der Waals surface area contributed by atoms with Crippen LogP contribution in [0.15, 0.2) is 65.1 Å². The van der Waals surface area contributed by atoms with Gasteiger partial charge >= 0.3 is 0 Å². The smallest absolute Gasteiger partial charge is 0.261 e. The summed E-state index contributed by atoms with van der Waals surface area (Å²) >= 11 is 5.30. The first-order valence-electron chi connectivity index (χ1n) is 10.2. The van der Waals surface area contributed by atoms with Crippen molar-refractivity contribution in [2.45, 2.75) is 20.3 Å². The molecule has 0 spiro atoms. The fourth-order valence-electron chi connectivity index (χ4n) is 3.45. The molecule has 162 valence electrons. The molecule has 32 heavy (non-hydrogen) atoms. The van der Waals surface area contributed by atoms with Crippen LogP contribution in [0.2, 0.25) is 0 Å². The van der Waals surface area contributed by atoms with Gasteiger partial charge in [-0.05, 0) is 79.2 Å². The first-order chi connectivity index (χ1) is 15.5. The molecule has 1 amide bonds. The zero-order valence-electron chi connectivity index (χ0n) is 18.1. The molecule has 0 saturated carbocycles. The number of thiocarbonyl (C=S) groups is 1. The van der Waals surface area contributed by atoms with Gasteiger partial charge in [-0.25, -0.2) is 4.98 Å². The molecule has 4 aromatic rings. The fraction of sp³-hybridized carbons (Fsp3) is 0.160. The summed E-state index contributed by atoms with van der Waals surface area (Å²) < 4.78 is 11.2. The van der Waals surface area contributed by atoms with Gasteiger partial charge in [-0.3, -0.25) is 10.1 Å². The van der Waals surface area contributed by atoms with Crippen LogP contribution in [-0.2, 0) is 6.42 Å². The van der Waals surface area contributed by atoms with Gasteiger partial charge in [-0.1, -0.05) is 25.1 Å². The van der Waals surface area contributed by atoms with Crippen molar-refractivity contribution in [3.8, 4) is 17.2 Å². The predicted octanol–water partition coefficient (Wildman–Crippen LogP) is 5.50. The predicted molar refractivity (Wildman–Crippen MR) is 130 cm³/mol. The summed E-state index contributed by atoms with van der Waals surface area (Å²) in [4.78, 5) is 17.2. The van der Waals surface area contributed by atoms with E-state index in [1.165, 1.54) is 12.7 Å². The molecule has 4 rings (SSSR count). The van der Waals surface area contributed by atoms with E-state index in [1.807, 2.05) is 55.5 Å². The molecule has 0 atom stereocenters. The minimum absolute atomic E-state index is 0.195. The first-order valence-corrected chi connectivity index (χ1v) is 10.6. The lowest BCUT2D eigenvalue weighted by Gasteiger charge is -2.13. The molecule has 0 bridgehead atoms. The Bertz CT molecular complexity index is 1300. The quantitative estimate of drug-likeness (QED) is 0.395. The summed E-state index contributed by atoms with van der Waals surface area (Å²) in [6, 6.07) is 18.9. The van der Waals surface area contributed by atoms with Gasteiger partial charge in [0.1, 0.15) is 11.3 Å². The van der Waals surface area contributed by atoms with Crippen LogP contribution >= 0.6 is 12.2 Å². The van der Waals surface area contributed by atoms with E-state index in [0.717, 1.165) is 34.3 Å². The van der Waals surface area contributed by atoms with Crippen molar-refractivity contribution in [2.24, 2.45) is 0 Å². The largest absolute Gasteiger partial charge is 0.496 e. The normalized spacial score (nSPS) is 10.7. The minimum Gasteiger partial charge on any atom is -0.496 e. The SMILES string of the molecule is CCc1ccc2oc(-c3ccc(NC(=S)NC(=O)c4cccc(C)c4OC)cc3)nc2c1. The Hall–Kier alpha value is -3.71. The number of methoxy groups -OCH3 is 1. The summed E-state index contributed by atoms with van der Waals surface area (Å²) in [7, 11) is 1.54. The summed E-state index contributed by atoms with van der Waals surface area (Å²) in [6.07, 6.45) is 0.950. The Kier molecular flexibility index (Phi) is 6.18. The van der Waals surface area contributed by atoms with E-state index < -0.39 is 0 Å². The van der Waals surface area contributed by atoms with Gasteiger partial charge in [0.05, 0.1) is 12.7 Å². The Morgan fingerprint density at radius 1 is 1.12 bits per heavy atom. The number of rotatable bonds is 5. The standard InChI is InChI=1S/C25H23N3O3S/c1-4-16-8-13-21-20(14-16)27-24(31-21)17-9-11-18(12-10-17)26-25(32)28-23(29)19-7-5-6-15(2)22(19)30-3/h5-14H,4H2,1-3H3,(H2,26,28,29,32). The Labute approximate surface area is 191 Å². The fourth-order valence-corrected chi connectivity index (χ4v) is 3.66. The van der Waals surface area contributed by atoms with Gasteiger partial charge in [-0.15, -0.1) is 0 Å². The lowest BCUT2D eigenvalue weighted by atomic mass is 10.1. The Balaban J connectivity index is 1.44. The molecule has 3 aromatic carbocycles. The zero-order chi connectivity index (χ0) is 22.7. The summed E-state index contributed by atoms with van der Waals surface area (Å²) in [5.74, 6) is 0.751. The second kappa shape index (κ2) is 9.20. The number of amides is 1. The maximum absolute atomic E-state index is 12.6. The first kappa shape index (κ1) is 21.5. The van der Waals surface area contributed by atoms with Crippen LogP contribution in [-0.4, -0.2) is 23.1 Å². The number of nitrogens with one attached hydrogen (secondary N) is 2. The number of oxazole rings is 1. The number of carbonyl (C=O) groups excluding carboxylic acids is 1. The minimum atomic E-state index is -0.336. The summed E-state index contributed by atoms with van der Waals surface area (Å²) in [5.41, 5.74) is 5.71. The number of ether oxygens (including phenoxy) is 1. The summed E-state index contributed by atoms with van der Waals surface area (Å²) in [5, 5.41) is 5.91. The molecule has 1 aromatic heterocycles. The van der Waals surface area contributed by atoms with Crippen molar-refractivity contribution in [1.29, 1.82) is 0 Å². The van der Waals surface area contributed by atoms with Gasteiger partial charge in [0.2, 0.25) is 5.89 Å². The summed E-state index contributed by atoms with van der Waals surface area (Å²) in [6.45, 7) is 3.99. The molecule has 0 aliphatic carbocycles. The van der Waals surface area contributed by atoms with Crippen molar-refractivity contribution in [3.05, 3.63) is 77.4 Å². The number of aryl methyl sites for hydroxylation is 2. The Morgan fingerprint density at radius 3 is 2.62 bits per heavy atom. The van der Waals surface area contributed by atoms with Crippen LogP contribution < -0.4 is 15.4 Å². The number of fused-ring (bicyclic) bond motifs is 1. The molecule has 2 N–H and O–H groups in total. The number of hydrogen-bond acceptors (Lipinski definition) is 5. The number of aromatic nitrogens is 1. The van der Waals surface area contributed by atoms with Crippen LogP contribution in [0.4, 0.5) is 5.69 Å². The van der Waals surface area contributed by atoms with Crippen molar-refractivity contribution >= 4 is 40.0 Å². The lowest BCUT2D eigenvalue weighted by molar-refractivity contribution is 0.0974. The van der Waals surface area contributed by atoms with E-state index in [4.69, 9.17) is 21.4 Å². The Morgan fingerprint density at radius 2 is 1.91 bits per heavy atom. The van der Waals surface area contributed by atoms with E-state index in [1.54, 1.807) is 12.1 Å². The molecular weight excluding hydrogens is 422 g/mol. The highest BCUT2D eigenvalue weighted by atomic mass is 32.1. The highest BCUT2D eigenvalue weighted by molar-refractivity contribution is 7.80. The van der Waals surface area contributed by atoms with E-state index >= 15 is 0 Å². The van der Waals surface area contributed by atoms with E-state index in [0.29, 0.717) is 17.2 Å². The molecule has 0 unspecified atom stereocenters. The maximum Gasteiger partial charge on any atom is 0.261 e.